The first-order chi connectivity index (χ1) is 6.51. The van der Waals surface area contributed by atoms with Crippen LogP contribution in [0.1, 0.15) is 5.56 Å². The standard InChI is InChI=1S/C8H10O5S.Na/c1-12-8-4-2-7(3-5-8)6-13-14(9,10)11;/h2-5H,6H2,1H3,(H,9,10,11);/q;+1/p-1. The Kier molecular flexibility index (Phi) is 6.42. The van der Waals surface area contributed by atoms with Crippen molar-refractivity contribution in [1.29, 1.82) is 0 Å². The zero-order valence-electron chi connectivity index (χ0n) is 8.47. The molecule has 0 heterocycles. The van der Waals surface area contributed by atoms with E-state index in [0.29, 0.717) is 11.3 Å². The summed E-state index contributed by atoms with van der Waals surface area (Å²) < 4.78 is 39.3. The molecule has 0 unspecified atom stereocenters. The van der Waals surface area contributed by atoms with Crippen LogP contribution in [0.15, 0.2) is 24.3 Å². The maximum atomic E-state index is 10.1. The van der Waals surface area contributed by atoms with E-state index in [2.05, 4.69) is 4.18 Å². The van der Waals surface area contributed by atoms with Crippen molar-refractivity contribution in [3.63, 3.8) is 0 Å². The summed E-state index contributed by atoms with van der Waals surface area (Å²) in [5, 5.41) is 0. The molecular formula is C8H9NaO5S. The summed E-state index contributed by atoms with van der Waals surface area (Å²) in [6, 6.07) is 6.53. The van der Waals surface area contributed by atoms with Crippen LogP contribution in [-0.2, 0) is 21.2 Å². The molecule has 0 aliphatic heterocycles. The van der Waals surface area contributed by atoms with Crippen LogP contribution in [0.2, 0.25) is 0 Å². The fourth-order valence-corrected chi connectivity index (χ4v) is 1.14. The third-order valence-electron chi connectivity index (χ3n) is 1.53. The Balaban J connectivity index is 0.00000196. The molecule has 5 nitrogen and oxygen atoms in total. The van der Waals surface area contributed by atoms with Crippen LogP contribution in [0, 0.1) is 0 Å². The number of ether oxygens (including phenoxy) is 1. The second-order valence-electron chi connectivity index (χ2n) is 2.52. The first kappa shape index (κ1) is 14.9. The van der Waals surface area contributed by atoms with E-state index < -0.39 is 10.4 Å². The number of benzene rings is 1. The second kappa shape index (κ2) is 6.47. The van der Waals surface area contributed by atoms with Crippen molar-refractivity contribution in [1.82, 2.24) is 0 Å². The van der Waals surface area contributed by atoms with E-state index in [1.54, 1.807) is 24.3 Å². The molecule has 1 rings (SSSR count). The monoisotopic (exact) mass is 240 g/mol. The summed E-state index contributed by atoms with van der Waals surface area (Å²) in [6.45, 7) is -0.254. The molecule has 1 aromatic rings. The van der Waals surface area contributed by atoms with Crippen molar-refractivity contribution in [2.24, 2.45) is 0 Å². The van der Waals surface area contributed by atoms with Gasteiger partial charge in [-0.2, -0.15) is 0 Å². The van der Waals surface area contributed by atoms with Crippen LogP contribution in [-0.4, -0.2) is 20.1 Å². The van der Waals surface area contributed by atoms with Gasteiger partial charge in [-0.05, 0) is 17.7 Å². The minimum atomic E-state index is -4.62. The summed E-state index contributed by atoms with van der Waals surface area (Å²) in [7, 11) is -3.10. The average Bonchev–Trinajstić information content (AvgIpc) is 2.14. The zero-order valence-corrected chi connectivity index (χ0v) is 11.3. The zero-order chi connectivity index (χ0) is 10.6. The van der Waals surface area contributed by atoms with Gasteiger partial charge < -0.3 is 9.29 Å². The van der Waals surface area contributed by atoms with E-state index in [9.17, 15) is 13.0 Å². The van der Waals surface area contributed by atoms with Crippen molar-refractivity contribution in [3.8, 4) is 5.75 Å². The summed E-state index contributed by atoms with van der Waals surface area (Å²) in [5.41, 5.74) is 0.588. The average molecular weight is 240 g/mol. The molecule has 15 heavy (non-hydrogen) atoms. The molecule has 0 aromatic heterocycles. The van der Waals surface area contributed by atoms with Gasteiger partial charge in [0.1, 0.15) is 5.75 Å². The van der Waals surface area contributed by atoms with Gasteiger partial charge in [-0.3, -0.25) is 4.18 Å². The molecule has 0 aliphatic carbocycles. The Hall–Kier alpha value is -0.110. The van der Waals surface area contributed by atoms with Crippen molar-refractivity contribution in [2.45, 2.75) is 6.61 Å². The quantitative estimate of drug-likeness (QED) is 0.335. The Bertz CT molecular complexity index is 386. The minimum Gasteiger partial charge on any atom is -0.726 e. The van der Waals surface area contributed by atoms with Gasteiger partial charge in [-0.15, -0.1) is 0 Å². The molecule has 0 atom stereocenters. The van der Waals surface area contributed by atoms with E-state index in [1.165, 1.54) is 7.11 Å². The predicted octanol–water partition coefficient (Wildman–Crippen LogP) is -2.32. The number of hydrogen-bond donors (Lipinski definition) is 0. The van der Waals surface area contributed by atoms with Gasteiger partial charge >= 0.3 is 29.6 Å². The summed E-state index contributed by atoms with van der Waals surface area (Å²) in [6.07, 6.45) is 0. The number of hydrogen-bond acceptors (Lipinski definition) is 5. The fraction of sp³-hybridized carbons (Fsp3) is 0.250. The van der Waals surface area contributed by atoms with Crippen LogP contribution in [0.3, 0.4) is 0 Å². The third kappa shape index (κ3) is 6.14. The number of methoxy groups -OCH3 is 1. The van der Waals surface area contributed by atoms with Gasteiger partial charge in [0.25, 0.3) is 0 Å². The van der Waals surface area contributed by atoms with Crippen LogP contribution in [0.4, 0.5) is 0 Å². The van der Waals surface area contributed by atoms with E-state index in [1.807, 2.05) is 0 Å². The molecule has 7 heteroatoms. The molecule has 1 aromatic carbocycles. The van der Waals surface area contributed by atoms with E-state index in [4.69, 9.17) is 4.74 Å². The van der Waals surface area contributed by atoms with Crippen LogP contribution < -0.4 is 34.3 Å². The molecule has 0 spiro atoms. The fourth-order valence-electron chi connectivity index (χ4n) is 0.862. The summed E-state index contributed by atoms with van der Waals surface area (Å²) in [5.74, 6) is 0.652. The molecule has 0 bridgehead atoms. The van der Waals surface area contributed by atoms with Crippen molar-refractivity contribution in [2.75, 3.05) is 7.11 Å². The Morgan fingerprint density at radius 1 is 1.27 bits per heavy atom. The van der Waals surface area contributed by atoms with E-state index >= 15 is 0 Å². The summed E-state index contributed by atoms with van der Waals surface area (Å²) >= 11 is 0. The minimum absolute atomic E-state index is 0. The third-order valence-corrected chi connectivity index (χ3v) is 1.94. The maximum absolute atomic E-state index is 10.1. The molecule has 78 valence electrons. The maximum Gasteiger partial charge on any atom is 1.00 e. The molecule has 0 fully saturated rings. The summed E-state index contributed by atoms with van der Waals surface area (Å²) in [4.78, 5) is 0. The SMILES string of the molecule is COc1ccc(COS(=O)(=O)[O-])cc1.[Na+]. The van der Waals surface area contributed by atoms with Crippen LogP contribution in [0.25, 0.3) is 0 Å². The van der Waals surface area contributed by atoms with Crippen LogP contribution in [0.5, 0.6) is 5.75 Å². The van der Waals surface area contributed by atoms with Crippen molar-refractivity contribution >= 4 is 10.4 Å². The molecular weight excluding hydrogens is 231 g/mol. The Morgan fingerprint density at radius 2 is 1.80 bits per heavy atom. The van der Waals surface area contributed by atoms with E-state index in [-0.39, 0.29) is 36.2 Å². The van der Waals surface area contributed by atoms with Gasteiger partial charge in [-0.1, -0.05) is 12.1 Å². The molecule has 0 saturated heterocycles. The van der Waals surface area contributed by atoms with Gasteiger partial charge in [0, 0.05) is 0 Å². The molecule has 0 aliphatic rings. The van der Waals surface area contributed by atoms with Gasteiger partial charge in [-0.25, -0.2) is 8.42 Å². The van der Waals surface area contributed by atoms with Gasteiger partial charge in [0.15, 0.2) is 0 Å². The van der Waals surface area contributed by atoms with Gasteiger partial charge in [0.2, 0.25) is 10.4 Å². The van der Waals surface area contributed by atoms with E-state index in [0.717, 1.165) is 0 Å². The van der Waals surface area contributed by atoms with Gasteiger partial charge in [0.05, 0.1) is 13.7 Å². The molecule has 0 amide bonds. The molecule has 0 N–H and O–H groups in total. The Morgan fingerprint density at radius 3 is 2.20 bits per heavy atom. The largest absolute Gasteiger partial charge is 1.00 e. The first-order valence-electron chi connectivity index (χ1n) is 3.74. The van der Waals surface area contributed by atoms with Crippen molar-refractivity contribution in [3.05, 3.63) is 29.8 Å². The smallest absolute Gasteiger partial charge is 0.726 e. The normalized spacial score (nSPS) is 10.5. The molecule has 0 saturated carbocycles. The topological polar surface area (TPSA) is 75.7 Å². The van der Waals surface area contributed by atoms with Crippen LogP contribution >= 0.6 is 0 Å². The number of rotatable bonds is 4. The molecule has 0 radical (unpaired) electrons. The second-order valence-corrected chi connectivity index (χ2v) is 3.57. The van der Waals surface area contributed by atoms with Crippen molar-refractivity contribution < 1.29 is 51.4 Å². The first-order valence-corrected chi connectivity index (χ1v) is 5.08. The Labute approximate surface area is 111 Å². The predicted molar refractivity (Wildman–Crippen MR) is 47.5 cm³/mol.